The average molecular weight is 315 g/mol. The maximum Gasteiger partial charge on any atom is 0.0748 e. The minimum absolute atomic E-state index is 0.739. The normalized spacial score (nSPS) is 11.9. The minimum Gasteiger partial charge on any atom is -0.278 e. The van der Waals surface area contributed by atoms with Gasteiger partial charge in [0.25, 0.3) is 0 Å². The second kappa shape index (κ2) is 5.88. The Bertz CT molecular complexity index is 788. The number of fused-ring (bicyclic) bond motifs is 1. The molecular formula is C17H15ClN2S. The molecule has 0 fully saturated rings. The number of nitrogens with one attached hydrogen (secondary N) is 1. The van der Waals surface area contributed by atoms with E-state index in [-0.39, 0.29) is 0 Å². The number of thiophene rings is 1. The van der Waals surface area contributed by atoms with Gasteiger partial charge in [0.15, 0.2) is 0 Å². The smallest absolute Gasteiger partial charge is 0.0748 e. The molecule has 1 N–H and O–H groups in total. The summed E-state index contributed by atoms with van der Waals surface area (Å²) < 4.78 is 1.28. The molecule has 0 saturated carbocycles. The lowest BCUT2D eigenvalue weighted by Gasteiger charge is -2.06. The van der Waals surface area contributed by atoms with Crippen LogP contribution in [0, 0.1) is 6.92 Å². The van der Waals surface area contributed by atoms with Gasteiger partial charge in [0.1, 0.15) is 0 Å². The summed E-state index contributed by atoms with van der Waals surface area (Å²) in [6.07, 6.45) is 0. The monoisotopic (exact) mass is 314 g/mol. The van der Waals surface area contributed by atoms with Crippen molar-refractivity contribution >= 4 is 44.4 Å². The van der Waals surface area contributed by atoms with Gasteiger partial charge in [0, 0.05) is 9.72 Å². The summed E-state index contributed by atoms with van der Waals surface area (Å²) in [6, 6.07) is 16.3. The van der Waals surface area contributed by atoms with Crippen molar-refractivity contribution in [1.82, 2.24) is 0 Å². The van der Waals surface area contributed by atoms with Crippen molar-refractivity contribution in [2.24, 2.45) is 5.10 Å². The van der Waals surface area contributed by atoms with Gasteiger partial charge in [-0.3, -0.25) is 5.43 Å². The number of hydrogen-bond donors (Lipinski definition) is 1. The molecule has 0 amide bonds. The third-order valence-electron chi connectivity index (χ3n) is 3.31. The summed E-state index contributed by atoms with van der Waals surface area (Å²) >= 11 is 7.71. The van der Waals surface area contributed by atoms with Gasteiger partial charge in [-0.25, -0.2) is 0 Å². The molecule has 0 aliphatic rings. The molecule has 0 saturated heterocycles. The number of rotatable bonds is 3. The van der Waals surface area contributed by atoms with E-state index in [9.17, 15) is 0 Å². The predicted molar refractivity (Wildman–Crippen MR) is 93.8 cm³/mol. The van der Waals surface area contributed by atoms with Gasteiger partial charge in [-0.1, -0.05) is 29.8 Å². The number of benzene rings is 2. The molecule has 0 aliphatic heterocycles. The molecule has 0 aliphatic carbocycles. The second-order valence-electron chi connectivity index (χ2n) is 4.92. The van der Waals surface area contributed by atoms with E-state index in [1.807, 2.05) is 32.0 Å². The van der Waals surface area contributed by atoms with Crippen LogP contribution in [0.2, 0.25) is 5.02 Å². The molecule has 0 atom stereocenters. The molecule has 3 rings (SSSR count). The standard InChI is InChI=1S/C17H15ClN2S/c1-11-9-14(18)7-8-15(11)20-19-12(2)17-10-13-5-3-4-6-16(13)21-17/h3-10,20H,1-2H3. The van der Waals surface area contributed by atoms with Gasteiger partial charge in [-0.15, -0.1) is 11.3 Å². The lowest BCUT2D eigenvalue weighted by Crippen LogP contribution is -1.98. The Morgan fingerprint density at radius 1 is 1.14 bits per heavy atom. The fourth-order valence-electron chi connectivity index (χ4n) is 2.11. The van der Waals surface area contributed by atoms with E-state index in [1.165, 1.54) is 15.0 Å². The first-order valence-corrected chi connectivity index (χ1v) is 7.88. The van der Waals surface area contributed by atoms with Crippen molar-refractivity contribution in [1.29, 1.82) is 0 Å². The average Bonchev–Trinajstić information content (AvgIpc) is 2.90. The van der Waals surface area contributed by atoms with Gasteiger partial charge >= 0.3 is 0 Å². The highest BCUT2D eigenvalue weighted by Crippen LogP contribution is 2.26. The molecule has 21 heavy (non-hydrogen) atoms. The number of halogens is 1. The summed E-state index contributed by atoms with van der Waals surface area (Å²) in [5.41, 5.74) is 6.15. The van der Waals surface area contributed by atoms with Crippen LogP contribution in [-0.4, -0.2) is 5.71 Å². The van der Waals surface area contributed by atoms with Crippen LogP contribution >= 0.6 is 22.9 Å². The summed E-state index contributed by atoms with van der Waals surface area (Å²) in [4.78, 5) is 1.18. The Morgan fingerprint density at radius 3 is 2.71 bits per heavy atom. The first-order chi connectivity index (χ1) is 10.1. The lowest BCUT2D eigenvalue weighted by molar-refractivity contribution is 1.29. The molecule has 0 unspecified atom stereocenters. The van der Waals surface area contributed by atoms with Gasteiger partial charge in [-0.05, 0) is 55.1 Å². The molecule has 0 spiro atoms. The van der Waals surface area contributed by atoms with Crippen LogP contribution in [0.5, 0.6) is 0 Å². The largest absolute Gasteiger partial charge is 0.278 e. The summed E-state index contributed by atoms with van der Waals surface area (Å²) in [5.74, 6) is 0. The lowest BCUT2D eigenvalue weighted by atomic mass is 10.2. The third kappa shape index (κ3) is 3.09. The number of anilines is 1. The molecule has 4 heteroatoms. The quantitative estimate of drug-likeness (QED) is 0.486. The molecule has 2 aromatic carbocycles. The highest BCUT2D eigenvalue weighted by Gasteiger charge is 2.04. The van der Waals surface area contributed by atoms with Crippen LogP contribution in [0.25, 0.3) is 10.1 Å². The molecule has 106 valence electrons. The highest BCUT2D eigenvalue weighted by atomic mass is 35.5. The van der Waals surface area contributed by atoms with E-state index in [4.69, 9.17) is 11.6 Å². The van der Waals surface area contributed by atoms with E-state index in [1.54, 1.807) is 11.3 Å². The van der Waals surface area contributed by atoms with E-state index in [0.717, 1.165) is 22.0 Å². The number of hydrogen-bond acceptors (Lipinski definition) is 3. The van der Waals surface area contributed by atoms with Crippen molar-refractivity contribution in [3.63, 3.8) is 0 Å². The van der Waals surface area contributed by atoms with Crippen molar-refractivity contribution < 1.29 is 0 Å². The van der Waals surface area contributed by atoms with Crippen LogP contribution in [0.4, 0.5) is 5.69 Å². The maximum absolute atomic E-state index is 5.96. The van der Waals surface area contributed by atoms with Gasteiger partial charge in [-0.2, -0.15) is 5.10 Å². The Kier molecular flexibility index (Phi) is 3.95. The zero-order chi connectivity index (χ0) is 14.8. The molecule has 3 aromatic rings. The molecule has 2 nitrogen and oxygen atoms in total. The second-order valence-corrected chi connectivity index (χ2v) is 6.44. The van der Waals surface area contributed by atoms with Crippen molar-refractivity contribution in [2.75, 3.05) is 5.43 Å². The van der Waals surface area contributed by atoms with Crippen LogP contribution in [-0.2, 0) is 0 Å². The van der Waals surface area contributed by atoms with Crippen molar-refractivity contribution in [3.05, 3.63) is 64.0 Å². The van der Waals surface area contributed by atoms with Gasteiger partial charge in [0.05, 0.1) is 16.3 Å². The number of nitrogens with zero attached hydrogens (tertiary/aromatic N) is 1. The predicted octanol–water partition coefficient (Wildman–Crippen LogP) is 5.70. The fraction of sp³-hybridized carbons (Fsp3) is 0.118. The zero-order valence-corrected chi connectivity index (χ0v) is 13.4. The zero-order valence-electron chi connectivity index (χ0n) is 11.9. The Morgan fingerprint density at radius 2 is 1.95 bits per heavy atom. The van der Waals surface area contributed by atoms with E-state index >= 15 is 0 Å². The fourth-order valence-corrected chi connectivity index (χ4v) is 3.35. The number of aryl methyl sites for hydroxylation is 1. The Hall–Kier alpha value is -1.84. The number of hydrazone groups is 1. The molecule has 0 radical (unpaired) electrons. The molecule has 1 heterocycles. The Balaban J connectivity index is 1.85. The van der Waals surface area contributed by atoms with Crippen LogP contribution in [0.3, 0.4) is 0 Å². The van der Waals surface area contributed by atoms with Crippen molar-refractivity contribution in [3.8, 4) is 0 Å². The minimum atomic E-state index is 0.739. The van der Waals surface area contributed by atoms with Crippen LogP contribution < -0.4 is 5.43 Å². The molecular weight excluding hydrogens is 300 g/mol. The van der Waals surface area contributed by atoms with Crippen molar-refractivity contribution in [2.45, 2.75) is 13.8 Å². The Labute approximate surface area is 133 Å². The van der Waals surface area contributed by atoms with Gasteiger partial charge < -0.3 is 0 Å². The first-order valence-electron chi connectivity index (χ1n) is 6.69. The first kappa shape index (κ1) is 14.1. The van der Waals surface area contributed by atoms with E-state index < -0.39 is 0 Å². The van der Waals surface area contributed by atoms with Crippen LogP contribution in [0.15, 0.2) is 53.6 Å². The maximum atomic E-state index is 5.96. The SMILES string of the molecule is CC(=NNc1ccc(Cl)cc1C)c1cc2ccccc2s1. The third-order valence-corrected chi connectivity index (χ3v) is 4.77. The summed E-state index contributed by atoms with van der Waals surface area (Å²) in [5, 5.41) is 6.48. The molecule has 1 aromatic heterocycles. The summed E-state index contributed by atoms with van der Waals surface area (Å²) in [7, 11) is 0. The van der Waals surface area contributed by atoms with Crippen LogP contribution in [0.1, 0.15) is 17.4 Å². The van der Waals surface area contributed by atoms with E-state index in [2.05, 4.69) is 40.9 Å². The van der Waals surface area contributed by atoms with Gasteiger partial charge in [0.2, 0.25) is 0 Å². The summed E-state index contributed by atoms with van der Waals surface area (Å²) in [6.45, 7) is 4.03. The topological polar surface area (TPSA) is 24.4 Å². The van der Waals surface area contributed by atoms with E-state index in [0.29, 0.717) is 0 Å². The molecule has 0 bridgehead atoms. The highest BCUT2D eigenvalue weighted by molar-refractivity contribution is 7.20.